The highest BCUT2D eigenvalue weighted by atomic mass is 32.1. The van der Waals surface area contributed by atoms with Gasteiger partial charge in [-0.05, 0) is 18.8 Å². The summed E-state index contributed by atoms with van der Waals surface area (Å²) in [4.78, 5) is 11.8. The summed E-state index contributed by atoms with van der Waals surface area (Å²) in [6, 6.07) is 0. The van der Waals surface area contributed by atoms with Crippen molar-refractivity contribution < 1.29 is 4.79 Å². The normalized spacial score (nSPS) is 12.6. The smallest absolute Gasteiger partial charge is 0.229 e. The first-order valence-corrected chi connectivity index (χ1v) is 5.46. The van der Waals surface area contributed by atoms with Gasteiger partial charge in [-0.1, -0.05) is 33.0 Å². The Balaban J connectivity index is 3.87. The van der Waals surface area contributed by atoms with Gasteiger partial charge in [0.25, 0.3) is 0 Å². The van der Waals surface area contributed by atoms with E-state index in [4.69, 9.17) is 18.0 Å². The Labute approximate surface area is 91.4 Å². The Kier molecular flexibility index (Phi) is 6.45. The molecular formula is C10H20N2OS. The second-order valence-electron chi connectivity index (χ2n) is 3.84. The number of rotatable bonds is 6. The second kappa shape index (κ2) is 6.76. The first-order valence-electron chi connectivity index (χ1n) is 5.06. The van der Waals surface area contributed by atoms with E-state index in [1.807, 2.05) is 6.92 Å². The van der Waals surface area contributed by atoms with E-state index in [0.29, 0.717) is 18.9 Å². The van der Waals surface area contributed by atoms with E-state index in [1.54, 1.807) is 0 Å². The molecule has 0 aliphatic carbocycles. The minimum atomic E-state index is -0.308. The van der Waals surface area contributed by atoms with Crippen molar-refractivity contribution in [3.05, 3.63) is 0 Å². The molecule has 0 aromatic carbocycles. The van der Waals surface area contributed by atoms with Crippen LogP contribution in [-0.2, 0) is 4.79 Å². The summed E-state index contributed by atoms with van der Waals surface area (Å²) in [5.74, 6) is 0.248. The van der Waals surface area contributed by atoms with E-state index in [0.717, 1.165) is 6.42 Å². The highest BCUT2D eigenvalue weighted by molar-refractivity contribution is 7.80. The van der Waals surface area contributed by atoms with Crippen LogP contribution in [0.25, 0.3) is 0 Å². The zero-order chi connectivity index (χ0) is 11.1. The Morgan fingerprint density at radius 2 is 2.07 bits per heavy atom. The molecule has 0 heterocycles. The standard InChI is InChI=1S/C10H20N2OS/c1-4-8(9(11)14)10(13)12-6-5-7(2)3/h7-8H,4-6H2,1-3H3,(H2,11,14)(H,12,13). The number of nitrogens with one attached hydrogen (secondary N) is 1. The molecular weight excluding hydrogens is 196 g/mol. The minimum Gasteiger partial charge on any atom is -0.393 e. The van der Waals surface area contributed by atoms with Crippen molar-refractivity contribution in [2.24, 2.45) is 17.6 Å². The Morgan fingerprint density at radius 1 is 1.50 bits per heavy atom. The molecule has 0 fully saturated rings. The van der Waals surface area contributed by atoms with E-state index in [-0.39, 0.29) is 16.8 Å². The van der Waals surface area contributed by atoms with Crippen LogP contribution in [-0.4, -0.2) is 17.4 Å². The number of amides is 1. The van der Waals surface area contributed by atoms with Gasteiger partial charge in [0.15, 0.2) is 0 Å². The number of hydrogen-bond acceptors (Lipinski definition) is 2. The van der Waals surface area contributed by atoms with E-state index >= 15 is 0 Å². The van der Waals surface area contributed by atoms with E-state index in [1.165, 1.54) is 0 Å². The van der Waals surface area contributed by atoms with Crippen molar-refractivity contribution in [1.82, 2.24) is 5.32 Å². The molecule has 1 unspecified atom stereocenters. The fourth-order valence-corrected chi connectivity index (χ4v) is 1.40. The molecule has 1 atom stereocenters. The summed E-state index contributed by atoms with van der Waals surface area (Å²) in [5, 5.41) is 2.84. The lowest BCUT2D eigenvalue weighted by molar-refractivity contribution is -0.123. The molecule has 3 nitrogen and oxygen atoms in total. The predicted octanol–water partition coefficient (Wildman–Crippen LogP) is 1.46. The summed E-state index contributed by atoms with van der Waals surface area (Å²) in [6.45, 7) is 6.86. The maximum atomic E-state index is 11.5. The zero-order valence-corrected chi connectivity index (χ0v) is 9.99. The molecule has 0 aliphatic heterocycles. The lowest BCUT2D eigenvalue weighted by Crippen LogP contribution is -2.38. The van der Waals surface area contributed by atoms with Crippen molar-refractivity contribution in [3.63, 3.8) is 0 Å². The summed E-state index contributed by atoms with van der Waals surface area (Å²) >= 11 is 4.81. The van der Waals surface area contributed by atoms with Crippen LogP contribution >= 0.6 is 12.2 Å². The van der Waals surface area contributed by atoms with Crippen LogP contribution in [0.3, 0.4) is 0 Å². The molecule has 0 spiro atoms. The third kappa shape index (κ3) is 5.17. The molecule has 0 rings (SSSR count). The van der Waals surface area contributed by atoms with Crippen LogP contribution in [0.15, 0.2) is 0 Å². The fourth-order valence-electron chi connectivity index (χ4n) is 1.12. The molecule has 0 aliphatic rings. The molecule has 0 saturated heterocycles. The lowest BCUT2D eigenvalue weighted by Gasteiger charge is -2.13. The van der Waals surface area contributed by atoms with Gasteiger partial charge in [-0.3, -0.25) is 4.79 Å². The van der Waals surface area contributed by atoms with Gasteiger partial charge in [-0.15, -0.1) is 0 Å². The summed E-state index contributed by atoms with van der Waals surface area (Å²) in [7, 11) is 0. The van der Waals surface area contributed by atoms with Crippen molar-refractivity contribution >= 4 is 23.1 Å². The lowest BCUT2D eigenvalue weighted by atomic mass is 10.1. The van der Waals surface area contributed by atoms with Gasteiger partial charge >= 0.3 is 0 Å². The molecule has 3 N–H and O–H groups in total. The van der Waals surface area contributed by atoms with Gasteiger partial charge in [0.05, 0.1) is 10.9 Å². The quantitative estimate of drug-likeness (QED) is 0.661. The SMILES string of the molecule is CCC(C(=O)NCCC(C)C)C(N)=S. The van der Waals surface area contributed by atoms with Crippen LogP contribution in [0, 0.1) is 11.8 Å². The molecule has 0 aromatic heterocycles. The average molecular weight is 216 g/mol. The molecule has 14 heavy (non-hydrogen) atoms. The zero-order valence-electron chi connectivity index (χ0n) is 9.17. The maximum Gasteiger partial charge on any atom is 0.229 e. The largest absolute Gasteiger partial charge is 0.393 e. The van der Waals surface area contributed by atoms with Gasteiger partial charge in [-0.2, -0.15) is 0 Å². The Hall–Kier alpha value is -0.640. The first-order chi connectivity index (χ1) is 6.49. The fraction of sp³-hybridized carbons (Fsp3) is 0.800. The van der Waals surface area contributed by atoms with E-state index in [2.05, 4.69) is 19.2 Å². The molecule has 82 valence electrons. The van der Waals surface area contributed by atoms with E-state index in [9.17, 15) is 4.79 Å². The van der Waals surface area contributed by atoms with Gasteiger partial charge < -0.3 is 11.1 Å². The Morgan fingerprint density at radius 3 is 2.43 bits per heavy atom. The first kappa shape index (κ1) is 13.4. The highest BCUT2D eigenvalue weighted by Gasteiger charge is 2.18. The number of thiocarbonyl (C=S) groups is 1. The minimum absolute atomic E-state index is 0.0411. The molecule has 0 bridgehead atoms. The predicted molar refractivity (Wildman–Crippen MR) is 63.0 cm³/mol. The van der Waals surface area contributed by atoms with Crippen LogP contribution in [0.4, 0.5) is 0 Å². The number of nitrogens with two attached hydrogens (primary N) is 1. The topological polar surface area (TPSA) is 55.1 Å². The monoisotopic (exact) mass is 216 g/mol. The Bertz CT molecular complexity index is 204. The summed E-state index contributed by atoms with van der Waals surface area (Å²) < 4.78 is 0. The third-order valence-corrected chi connectivity index (χ3v) is 2.37. The summed E-state index contributed by atoms with van der Waals surface area (Å²) in [6.07, 6.45) is 1.66. The molecule has 0 radical (unpaired) electrons. The van der Waals surface area contributed by atoms with Gasteiger partial charge in [0.2, 0.25) is 5.91 Å². The number of hydrogen-bond donors (Lipinski definition) is 2. The highest BCUT2D eigenvalue weighted by Crippen LogP contribution is 2.03. The van der Waals surface area contributed by atoms with E-state index < -0.39 is 0 Å². The second-order valence-corrected chi connectivity index (χ2v) is 4.31. The van der Waals surface area contributed by atoms with Gasteiger partial charge in [0.1, 0.15) is 0 Å². The van der Waals surface area contributed by atoms with Crippen LogP contribution in [0.1, 0.15) is 33.6 Å². The molecule has 4 heteroatoms. The van der Waals surface area contributed by atoms with Crippen LogP contribution < -0.4 is 11.1 Å². The molecule has 0 saturated carbocycles. The van der Waals surface area contributed by atoms with Gasteiger partial charge in [-0.25, -0.2) is 0 Å². The van der Waals surface area contributed by atoms with Crippen molar-refractivity contribution in [2.75, 3.05) is 6.54 Å². The number of carbonyl (C=O) groups excluding carboxylic acids is 1. The van der Waals surface area contributed by atoms with Crippen molar-refractivity contribution in [2.45, 2.75) is 33.6 Å². The maximum absolute atomic E-state index is 11.5. The average Bonchev–Trinajstić information content (AvgIpc) is 2.03. The van der Waals surface area contributed by atoms with Crippen LogP contribution in [0.5, 0.6) is 0 Å². The third-order valence-electron chi connectivity index (χ3n) is 2.09. The molecule has 0 aromatic rings. The number of carbonyl (C=O) groups is 1. The van der Waals surface area contributed by atoms with Crippen LogP contribution in [0.2, 0.25) is 0 Å². The van der Waals surface area contributed by atoms with Crippen molar-refractivity contribution in [1.29, 1.82) is 0 Å². The van der Waals surface area contributed by atoms with Gasteiger partial charge in [0, 0.05) is 6.54 Å². The summed E-state index contributed by atoms with van der Waals surface area (Å²) in [5.41, 5.74) is 5.45. The molecule has 1 amide bonds. The van der Waals surface area contributed by atoms with Crippen molar-refractivity contribution in [3.8, 4) is 0 Å².